The average Bonchev–Trinajstić information content (AvgIpc) is 2.77. The third kappa shape index (κ3) is 2.27. The Morgan fingerprint density at radius 3 is 2.13 bits per heavy atom. The van der Waals surface area contributed by atoms with Gasteiger partial charge in [0, 0.05) is 12.1 Å². The molecule has 1 aliphatic carbocycles. The molecule has 0 aromatic heterocycles. The van der Waals surface area contributed by atoms with E-state index in [0.717, 1.165) is 25.7 Å². The van der Waals surface area contributed by atoms with Gasteiger partial charge in [-0.25, -0.2) is 4.79 Å². The van der Waals surface area contributed by atoms with Crippen LogP contribution >= 0.6 is 0 Å². The summed E-state index contributed by atoms with van der Waals surface area (Å²) in [5.41, 5.74) is 0. The molecular weight excluding hydrogens is 190 g/mol. The van der Waals surface area contributed by atoms with Crippen LogP contribution in [0.3, 0.4) is 0 Å². The average molecular weight is 211 g/mol. The monoisotopic (exact) mass is 211 g/mol. The molecule has 15 heavy (non-hydrogen) atoms. The largest absolute Gasteiger partial charge is 0.446 e. The molecule has 1 aliphatic heterocycles. The Balaban J connectivity index is 1.88. The van der Waals surface area contributed by atoms with Crippen molar-refractivity contribution < 1.29 is 9.53 Å². The standard InChI is InChI=1S/C12H21NO2/c1-9-7-8-10(2)13(9)12(14)15-11-5-3-4-6-11/h9-11H,3-8H2,1-2H3. The first-order valence-electron chi connectivity index (χ1n) is 6.17. The van der Waals surface area contributed by atoms with Gasteiger partial charge in [0.1, 0.15) is 6.10 Å². The normalized spacial score (nSPS) is 32.3. The molecule has 1 saturated carbocycles. The third-order valence-corrected chi connectivity index (χ3v) is 3.73. The Morgan fingerprint density at radius 1 is 1.07 bits per heavy atom. The lowest BCUT2D eigenvalue weighted by atomic mass is 10.2. The number of amides is 1. The van der Waals surface area contributed by atoms with Gasteiger partial charge in [-0.3, -0.25) is 0 Å². The molecule has 2 aliphatic rings. The first-order valence-corrected chi connectivity index (χ1v) is 6.17. The number of hydrogen-bond donors (Lipinski definition) is 0. The van der Waals surface area contributed by atoms with E-state index in [-0.39, 0.29) is 12.2 Å². The molecule has 0 aromatic rings. The van der Waals surface area contributed by atoms with Gasteiger partial charge in [-0.15, -0.1) is 0 Å². The van der Waals surface area contributed by atoms with Gasteiger partial charge < -0.3 is 9.64 Å². The van der Waals surface area contributed by atoms with Crippen molar-refractivity contribution in [3.8, 4) is 0 Å². The molecule has 2 fully saturated rings. The van der Waals surface area contributed by atoms with Crippen LogP contribution < -0.4 is 0 Å². The van der Waals surface area contributed by atoms with Crippen molar-refractivity contribution in [3.63, 3.8) is 0 Å². The third-order valence-electron chi connectivity index (χ3n) is 3.73. The van der Waals surface area contributed by atoms with Crippen molar-refractivity contribution in [2.75, 3.05) is 0 Å². The van der Waals surface area contributed by atoms with Crippen LogP contribution in [0.25, 0.3) is 0 Å². The van der Waals surface area contributed by atoms with Gasteiger partial charge in [0.2, 0.25) is 0 Å². The maximum absolute atomic E-state index is 11.9. The second-order valence-corrected chi connectivity index (χ2v) is 4.97. The van der Waals surface area contributed by atoms with Gasteiger partial charge in [0.15, 0.2) is 0 Å². The molecule has 2 rings (SSSR count). The molecule has 1 amide bonds. The van der Waals surface area contributed by atoms with Gasteiger partial charge in [-0.2, -0.15) is 0 Å². The van der Waals surface area contributed by atoms with E-state index < -0.39 is 0 Å². The lowest BCUT2D eigenvalue weighted by Gasteiger charge is -2.27. The van der Waals surface area contributed by atoms with E-state index in [9.17, 15) is 4.79 Å². The number of likely N-dealkylation sites (tertiary alicyclic amines) is 1. The highest BCUT2D eigenvalue weighted by Gasteiger charge is 2.34. The van der Waals surface area contributed by atoms with E-state index in [0.29, 0.717) is 12.1 Å². The molecule has 0 N–H and O–H groups in total. The second kappa shape index (κ2) is 4.42. The van der Waals surface area contributed by atoms with Gasteiger partial charge in [0.25, 0.3) is 0 Å². The predicted molar refractivity (Wildman–Crippen MR) is 58.7 cm³/mol. The highest BCUT2D eigenvalue weighted by molar-refractivity contribution is 5.69. The Labute approximate surface area is 91.8 Å². The van der Waals surface area contributed by atoms with Crippen molar-refractivity contribution in [1.29, 1.82) is 0 Å². The van der Waals surface area contributed by atoms with E-state index in [1.165, 1.54) is 12.8 Å². The molecular formula is C12H21NO2. The van der Waals surface area contributed by atoms with Crippen LogP contribution in [-0.2, 0) is 4.74 Å². The topological polar surface area (TPSA) is 29.5 Å². The fourth-order valence-electron chi connectivity index (χ4n) is 2.76. The van der Waals surface area contributed by atoms with E-state index in [1.807, 2.05) is 4.90 Å². The van der Waals surface area contributed by atoms with Crippen LogP contribution in [-0.4, -0.2) is 29.2 Å². The first kappa shape index (κ1) is 10.8. The van der Waals surface area contributed by atoms with Gasteiger partial charge in [-0.05, 0) is 52.4 Å². The summed E-state index contributed by atoms with van der Waals surface area (Å²) in [7, 11) is 0. The van der Waals surface area contributed by atoms with Gasteiger partial charge in [-0.1, -0.05) is 0 Å². The van der Waals surface area contributed by atoms with E-state index >= 15 is 0 Å². The number of carbonyl (C=O) groups is 1. The first-order chi connectivity index (χ1) is 7.18. The van der Waals surface area contributed by atoms with Crippen LogP contribution in [0.5, 0.6) is 0 Å². The van der Waals surface area contributed by atoms with Crippen LogP contribution in [0.1, 0.15) is 52.4 Å². The molecule has 0 radical (unpaired) electrons. The van der Waals surface area contributed by atoms with E-state index in [4.69, 9.17) is 4.74 Å². The SMILES string of the molecule is CC1CCC(C)N1C(=O)OC1CCCC1. The smallest absolute Gasteiger partial charge is 0.410 e. The molecule has 2 atom stereocenters. The van der Waals surface area contributed by atoms with Crippen LogP contribution in [0.15, 0.2) is 0 Å². The minimum absolute atomic E-state index is 0.0839. The van der Waals surface area contributed by atoms with Crippen molar-refractivity contribution in [2.45, 2.75) is 70.6 Å². The Morgan fingerprint density at radius 2 is 1.60 bits per heavy atom. The molecule has 3 nitrogen and oxygen atoms in total. The zero-order valence-electron chi connectivity index (χ0n) is 9.74. The Kier molecular flexibility index (Phi) is 3.17. The number of hydrogen-bond acceptors (Lipinski definition) is 2. The molecule has 1 heterocycles. The summed E-state index contributed by atoms with van der Waals surface area (Å²) in [4.78, 5) is 13.8. The number of rotatable bonds is 1. The number of nitrogens with zero attached hydrogens (tertiary/aromatic N) is 1. The fraction of sp³-hybridized carbons (Fsp3) is 0.917. The minimum atomic E-state index is -0.0839. The summed E-state index contributed by atoms with van der Waals surface area (Å²) in [5, 5.41) is 0. The quantitative estimate of drug-likeness (QED) is 0.667. The lowest BCUT2D eigenvalue weighted by molar-refractivity contribution is 0.0551. The summed E-state index contributed by atoms with van der Waals surface area (Å²) < 4.78 is 5.52. The molecule has 3 heteroatoms. The lowest BCUT2D eigenvalue weighted by Crippen LogP contribution is -2.40. The van der Waals surface area contributed by atoms with Gasteiger partial charge >= 0.3 is 6.09 Å². The summed E-state index contributed by atoms with van der Waals surface area (Å²) in [6, 6.07) is 0.711. The molecule has 2 unspecified atom stereocenters. The molecule has 86 valence electrons. The maximum Gasteiger partial charge on any atom is 0.410 e. The highest BCUT2D eigenvalue weighted by atomic mass is 16.6. The molecule has 0 bridgehead atoms. The summed E-state index contributed by atoms with van der Waals surface area (Å²) >= 11 is 0. The zero-order chi connectivity index (χ0) is 10.8. The maximum atomic E-state index is 11.9. The van der Waals surface area contributed by atoms with E-state index in [1.54, 1.807) is 0 Å². The predicted octanol–water partition coefficient (Wildman–Crippen LogP) is 2.94. The van der Waals surface area contributed by atoms with Crippen molar-refractivity contribution in [3.05, 3.63) is 0 Å². The van der Waals surface area contributed by atoms with E-state index in [2.05, 4.69) is 13.8 Å². The fourth-order valence-corrected chi connectivity index (χ4v) is 2.76. The van der Waals surface area contributed by atoms with Crippen molar-refractivity contribution in [2.24, 2.45) is 0 Å². The zero-order valence-corrected chi connectivity index (χ0v) is 9.74. The number of ether oxygens (including phenoxy) is 1. The van der Waals surface area contributed by atoms with Crippen molar-refractivity contribution >= 4 is 6.09 Å². The molecule has 0 aromatic carbocycles. The van der Waals surface area contributed by atoms with Gasteiger partial charge in [0.05, 0.1) is 0 Å². The minimum Gasteiger partial charge on any atom is -0.446 e. The van der Waals surface area contributed by atoms with Crippen LogP contribution in [0.4, 0.5) is 4.79 Å². The second-order valence-electron chi connectivity index (χ2n) is 4.97. The summed E-state index contributed by atoms with van der Waals surface area (Å²) in [6.07, 6.45) is 6.87. The van der Waals surface area contributed by atoms with Crippen molar-refractivity contribution in [1.82, 2.24) is 4.90 Å². The Hall–Kier alpha value is -0.730. The molecule has 0 spiro atoms. The molecule has 1 saturated heterocycles. The Bertz CT molecular complexity index is 226. The highest BCUT2D eigenvalue weighted by Crippen LogP contribution is 2.27. The summed E-state index contributed by atoms with van der Waals surface area (Å²) in [5.74, 6) is 0. The van der Waals surface area contributed by atoms with Crippen LogP contribution in [0.2, 0.25) is 0 Å². The number of carbonyl (C=O) groups excluding carboxylic acids is 1. The van der Waals surface area contributed by atoms with Crippen LogP contribution in [0, 0.1) is 0 Å². The summed E-state index contributed by atoms with van der Waals surface area (Å²) in [6.45, 7) is 4.22.